The zero-order valence-corrected chi connectivity index (χ0v) is 24.8. The van der Waals surface area contributed by atoms with E-state index in [9.17, 15) is 0 Å². The number of benzene rings is 6. The Morgan fingerprint density at radius 3 is 1.56 bits per heavy atom. The Hall–Kier alpha value is -5.22. The number of nitrogens with zero attached hydrogens (tertiary/aromatic N) is 4. The molecule has 6 aromatic carbocycles. The largest absolute Gasteiger partial charge is 0.0615 e. The standard InChI is InChI=1S/C38H24N4Se/c1-4-12-25(13-5-1)35-40-36(26-14-6-2-7-15-26)42-37(41-35)29-19-10-18-28(24-29)30-20-11-21-32-31(30)22-23-33-34(32)39-38(43-33)27-16-8-3-9-17-27/h1-24H. The van der Waals surface area contributed by atoms with Gasteiger partial charge >= 0.3 is 195 Å². The van der Waals surface area contributed by atoms with Crippen molar-refractivity contribution >= 4 is 35.1 Å². The molecule has 0 atom stereocenters. The molecule has 8 rings (SSSR count). The summed E-state index contributed by atoms with van der Waals surface area (Å²) in [6, 6.07) is 50.2. The Kier molecular flexibility index (Phi) is 6.45. The van der Waals surface area contributed by atoms with Crippen LogP contribution in [0.15, 0.2) is 146 Å². The third-order valence-corrected chi connectivity index (χ3v) is 9.81. The molecule has 2 heterocycles. The molecular formula is C38H24N4Se. The first-order valence-electron chi connectivity index (χ1n) is 14.2. The smallest absolute Gasteiger partial charge is 0.0512 e. The average molecular weight is 616 g/mol. The molecule has 0 radical (unpaired) electrons. The van der Waals surface area contributed by atoms with E-state index in [0.717, 1.165) is 27.8 Å². The topological polar surface area (TPSA) is 51.6 Å². The van der Waals surface area contributed by atoms with E-state index in [-0.39, 0.29) is 14.5 Å². The van der Waals surface area contributed by atoms with Crippen molar-refractivity contribution in [2.75, 3.05) is 0 Å². The van der Waals surface area contributed by atoms with Crippen LogP contribution >= 0.6 is 0 Å². The first-order valence-corrected chi connectivity index (χ1v) is 15.9. The maximum absolute atomic E-state index is 5.14. The SMILES string of the molecule is c1ccc(-c2nc(-c3ccccc3)nc(-c3cccc(-c4cccc5c4ccc4[se]c(-c6ccccc6)nc45)c3)n2)cc1. The van der Waals surface area contributed by atoms with Crippen LogP contribution in [0.4, 0.5) is 0 Å². The van der Waals surface area contributed by atoms with Gasteiger partial charge in [-0.15, -0.1) is 0 Å². The molecule has 0 amide bonds. The van der Waals surface area contributed by atoms with Crippen LogP contribution in [0.2, 0.25) is 0 Å². The Morgan fingerprint density at radius 2 is 0.907 bits per heavy atom. The molecule has 0 saturated carbocycles. The molecule has 0 fully saturated rings. The normalized spacial score (nSPS) is 11.3. The van der Waals surface area contributed by atoms with Gasteiger partial charge < -0.3 is 0 Å². The summed E-state index contributed by atoms with van der Waals surface area (Å²) in [6.07, 6.45) is 0. The Morgan fingerprint density at radius 1 is 0.372 bits per heavy atom. The van der Waals surface area contributed by atoms with Crippen LogP contribution in [0.1, 0.15) is 0 Å². The zero-order chi connectivity index (χ0) is 28.6. The summed E-state index contributed by atoms with van der Waals surface area (Å²) in [6.45, 7) is 0. The number of fused-ring (bicyclic) bond motifs is 3. The Balaban J connectivity index is 1.26. The van der Waals surface area contributed by atoms with Crippen LogP contribution in [0.3, 0.4) is 0 Å². The van der Waals surface area contributed by atoms with Gasteiger partial charge in [-0.05, 0) is 0 Å². The molecule has 202 valence electrons. The van der Waals surface area contributed by atoms with Crippen molar-refractivity contribution in [2.45, 2.75) is 0 Å². The van der Waals surface area contributed by atoms with Crippen molar-refractivity contribution in [2.24, 2.45) is 0 Å². The first kappa shape index (κ1) is 25.5. The zero-order valence-electron chi connectivity index (χ0n) is 23.1. The third kappa shape index (κ3) is 4.85. The van der Waals surface area contributed by atoms with Gasteiger partial charge in [-0.25, -0.2) is 0 Å². The summed E-state index contributed by atoms with van der Waals surface area (Å²) in [5.41, 5.74) is 7.45. The van der Waals surface area contributed by atoms with Gasteiger partial charge in [0.25, 0.3) is 0 Å². The summed E-state index contributed by atoms with van der Waals surface area (Å²) in [5.74, 6) is 1.96. The van der Waals surface area contributed by atoms with E-state index in [1.807, 2.05) is 60.7 Å². The molecule has 0 aliphatic carbocycles. The second kappa shape index (κ2) is 10.9. The minimum atomic E-state index is 0.187. The quantitative estimate of drug-likeness (QED) is 0.181. The molecule has 0 aliphatic rings. The van der Waals surface area contributed by atoms with E-state index < -0.39 is 0 Å². The van der Waals surface area contributed by atoms with Crippen molar-refractivity contribution in [3.8, 4) is 55.4 Å². The molecule has 0 saturated heterocycles. The van der Waals surface area contributed by atoms with Gasteiger partial charge in [-0.3, -0.25) is 0 Å². The number of rotatable bonds is 5. The van der Waals surface area contributed by atoms with Crippen LogP contribution < -0.4 is 0 Å². The Bertz CT molecular complexity index is 2170. The number of hydrogen-bond donors (Lipinski definition) is 0. The summed E-state index contributed by atoms with van der Waals surface area (Å²) < 4.78 is 2.51. The van der Waals surface area contributed by atoms with Gasteiger partial charge in [0, 0.05) is 0 Å². The van der Waals surface area contributed by atoms with E-state index in [1.165, 1.54) is 30.7 Å². The maximum atomic E-state index is 5.14. The monoisotopic (exact) mass is 616 g/mol. The van der Waals surface area contributed by atoms with Crippen LogP contribution in [-0.4, -0.2) is 34.4 Å². The number of hydrogen-bond acceptors (Lipinski definition) is 4. The van der Waals surface area contributed by atoms with Crippen molar-refractivity contribution in [1.82, 2.24) is 19.9 Å². The molecule has 43 heavy (non-hydrogen) atoms. The van der Waals surface area contributed by atoms with E-state index in [1.54, 1.807) is 0 Å². The van der Waals surface area contributed by atoms with Gasteiger partial charge in [-0.2, -0.15) is 0 Å². The molecule has 0 aliphatic heterocycles. The van der Waals surface area contributed by atoms with Gasteiger partial charge in [0.1, 0.15) is 0 Å². The van der Waals surface area contributed by atoms with Crippen LogP contribution in [-0.2, 0) is 0 Å². The van der Waals surface area contributed by atoms with Crippen LogP contribution in [0.25, 0.3) is 76.0 Å². The molecule has 0 N–H and O–H groups in total. The third-order valence-electron chi connectivity index (χ3n) is 7.57. The molecule has 5 heteroatoms. The molecule has 0 unspecified atom stereocenters. The molecule has 4 nitrogen and oxygen atoms in total. The second-order valence-electron chi connectivity index (χ2n) is 10.3. The fraction of sp³-hybridized carbons (Fsp3) is 0. The van der Waals surface area contributed by atoms with Gasteiger partial charge in [-0.1, -0.05) is 60.7 Å². The van der Waals surface area contributed by atoms with Crippen molar-refractivity contribution in [3.05, 3.63) is 146 Å². The predicted octanol–water partition coefficient (Wildman–Crippen LogP) is 8.96. The molecule has 0 bridgehead atoms. The second-order valence-corrected chi connectivity index (χ2v) is 12.5. The average Bonchev–Trinajstić information content (AvgIpc) is 3.54. The van der Waals surface area contributed by atoms with Gasteiger partial charge in [0.2, 0.25) is 0 Å². The van der Waals surface area contributed by atoms with Gasteiger partial charge in [0.05, 0.1) is 0 Å². The fourth-order valence-electron chi connectivity index (χ4n) is 5.47. The molecule has 8 aromatic rings. The molecular weight excluding hydrogens is 591 g/mol. The predicted molar refractivity (Wildman–Crippen MR) is 177 cm³/mol. The Labute approximate surface area is 255 Å². The molecule has 2 aromatic heterocycles. The van der Waals surface area contributed by atoms with Crippen LogP contribution in [0, 0.1) is 0 Å². The van der Waals surface area contributed by atoms with E-state index in [4.69, 9.17) is 19.9 Å². The van der Waals surface area contributed by atoms with Crippen molar-refractivity contribution < 1.29 is 0 Å². The number of aromatic nitrogens is 4. The van der Waals surface area contributed by atoms with E-state index in [2.05, 4.69) is 84.9 Å². The maximum Gasteiger partial charge on any atom is -0.0512 e. The summed E-state index contributed by atoms with van der Waals surface area (Å²) >= 11 is 0.187. The van der Waals surface area contributed by atoms with E-state index in [0.29, 0.717) is 17.5 Å². The van der Waals surface area contributed by atoms with E-state index >= 15 is 0 Å². The van der Waals surface area contributed by atoms with Gasteiger partial charge in [0.15, 0.2) is 0 Å². The van der Waals surface area contributed by atoms with Crippen molar-refractivity contribution in [1.29, 1.82) is 0 Å². The van der Waals surface area contributed by atoms with Crippen molar-refractivity contribution in [3.63, 3.8) is 0 Å². The van der Waals surface area contributed by atoms with Crippen LogP contribution in [0.5, 0.6) is 0 Å². The summed E-state index contributed by atoms with van der Waals surface area (Å²) in [4.78, 5) is 19.9. The fourth-order valence-corrected chi connectivity index (χ4v) is 7.54. The summed E-state index contributed by atoms with van der Waals surface area (Å²) in [5, 5.41) is 2.38. The summed E-state index contributed by atoms with van der Waals surface area (Å²) in [7, 11) is 0. The minimum Gasteiger partial charge on any atom is -0.0615 e. The first-order chi connectivity index (χ1) is 21.3. The molecule has 0 spiro atoms. The minimum absolute atomic E-state index is 0.187.